The fourth-order valence-electron chi connectivity index (χ4n) is 4.25. The second kappa shape index (κ2) is 11.2. The van der Waals surface area contributed by atoms with Crippen molar-refractivity contribution in [3.8, 4) is 17.4 Å². The topological polar surface area (TPSA) is 111 Å². The number of methoxy groups -OCH3 is 1. The maximum absolute atomic E-state index is 9.83. The third kappa shape index (κ3) is 5.62. The number of H-pyrrole nitrogens is 1. The van der Waals surface area contributed by atoms with E-state index < -0.39 is 6.23 Å². The minimum atomic E-state index is -0.886. The summed E-state index contributed by atoms with van der Waals surface area (Å²) in [4.78, 5) is 16.9. The molecule has 1 aliphatic heterocycles. The van der Waals surface area contributed by atoms with Gasteiger partial charge in [0.2, 0.25) is 11.8 Å². The van der Waals surface area contributed by atoms with Gasteiger partial charge in [0.15, 0.2) is 0 Å². The molecule has 4 N–H and O–H groups in total. The molecule has 3 heterocycles. The maximum Gasteiger partial charge on any atom is 0.235 e. The van der Waals surface area contributed by atoms with Gasteiger partial charge in [0.25, 0.3) is 0 Å². The number of ether oxygens (including phenoxy) is 2. The van der Waals surface area contributed by atoms with Crippen LogP contribution >= 0.6 is 11.6 Å². The molecule has 1 unspecified atom stereocenters. The monoisotopic (exact) mass is 535 g/mol. The number of benzene rings is 2. The van der Waals surface area contributed by atoms with Crippen LogP contribution < -0.4 is 25.0 Å². The molecule has 1 fully saturated rings. The van der Waals surface area contributed by atoms with Crippen molar-refractivity contribution in [3.05, 3.63) is 66.3 Å². The van der Waals surface area contributed by atoms with Crippen LogP contribution in [0.4, 0.5) is 23.0 Å². The molecule has 0 radical (unpaired) electrons. The van der Waals surface area contributed by atoms with Crippen LogP contribution in [0.5, 0.6) is 17.4 Å². The van der Waals surface area contributed by atoms with E-state index in [2.05, 4.69) is 55.1 Å². The van der Waals surface area contributed by atoms with Crippen molar-refractivity contribution < 1.29 is 14.6 Å². The fourth-order valence-corrected chi connectivity index (χ4v) is 4.47. The molecule has 5 rings (SSSR count). The lowest BCUT2D eigenvalue weighted by atomic mass is 10.2. The molecule has 198 valence electrons. The van der Waals surface area contributed by atoms with Gasteiger partial charge >= 0.3 is 0 Å². The lowest BCUT2D eigenvalue weighted by Gasteiger charge is -2.34. The lowest BCUT2D eigenvalue weighted by molar-refractivity contribution is 0.253. The number of rotatable bonds is 9. The number of aliphatic hydroxyl groups is 1. The number of nitrogens with zero attached hydrogens (tertiary/aromatic N) is 4. The van der Waals surface area contributed by atoms with Gasteiger partial charge in [0.1, 0.15) is 28.8 Å². The summed E-state index contributed by atoms with van der Waals surface area (Å²) in [5, 5.41) is 17.0. The van der Waals surface area contributed by atoms with Crippen LogP contribution in [0.3, 0.4) is 0 Å². The summed E-state index contributed by atoms with van der Waals surface area (Å²) in [6.45, 7) is 7.54. The number of hydrogen-bond donors (Lipinski definition) is 4. The second-order valence-electron chi connectivity index (χ2n) is 8.97. The van der Waals surface area contributed by atoms with E-state index in [9.17, 15) is 5.11 Å². The summed E-state index contributed by atoms with van der Waals surface area (Å²) in [5.74, 6) is 1.77. The average molecular weight is 536 g/mol. The highest BCUT2D eigenvalue weighted by Gasteiger charge is 2.19. The number of anilines is 4. The Kier molecular flexibility index (Phi) is 7.54. The summed E-state index contributed by atoms with van der Waals surface area (Å²) < 4.78 is 11.8. The van der Waals surface area contributed by atoms with Gasteiger partial charge in [-0.25, -0.2) is 0 Å². The summed E-state index contributed by atoms with van der Waals surface area (Å²) in [6.07, 6.45) is 2.15. The molecule has 4 aromatic rings. The molecule has 11 heteroatoms. The zero-order chi connectivity index (χ0) is 26.6. The molecule has 0 bridgehead atoms. The normalized spacial score (nSPS) is 14.8. The maximum atomic E-state index is 9.83. The molecule has 2 aromatic heterocycles. The van der Waals surface area contributed by atoms with E-state index in [1.54, 1.807) is 31.5 Å². The van der Waals surface area contributed by atoms with E-state index in [-0.39, 0.29) is 5.88 Å². The summed E-state index contributed by atoms with van der Waals surface area (Å²) in [7, 11) is 3.78. The first-order valence-electron chi connectivity index (χ1n) is 12.2. The Balaban J connectivity index is 1.42. The molecule has 0 amide bonds. The Morgan fingerprint density at radius 2 is 1.97 bits per heavy atom. The van der Waals surface area contributed by atoms with Crippen LogP contribution in [-0.2, 0) is 0 Å². The molecule has 1 atom stereocenters. The number of aromatic amines is 1. The van der Waals surface area contributed by atoms with Crippen molar-refractivity contribution in [1.29, 1.82) is 0 Å². The Morgan fingerprint density at radius 3 is 2.74 bits per heavy atom. The number of aliphatic hydroxyl groups excluding tert-OH is 1. The Bertz CT molecular complexity index is 1440. The van der Waals surface area contributed by atoms with Crippen LogP contribution in [0.25, 0.3) is 11.0 Å². The first-order chi connectivity index (χ1) is 18.4. The number of piperazine rings is 1. The zero-order valence-corrected chi connectivity index (χ0v) is 22.0. The van der Waals surface area contributed by atoms with Crippen LogP contribution in [0.15, 0.2) is 61.3 Å². The van der Waals surface area contributed by atoms with E-state index in [4.69, 9.17) is 21.1 Å². The van der Waals surface area contributed by atoms with Gasteiger partial charge in [-0.1, -0.05) is 24.2 Å². The van der Waals surface area contributed by atoms with Crippen LogP contribution in [0, 0.1) is 0 Å². The van der Waals surface area contributed by atoms with Gasteiger partial charge in [-0.15, -0.1) is 0 Å². The zero-order valence-electron chi connectivity index (χ0n) is 21.2. The van der Waals surface area contributed by atoms with Crippen LogP contribution in [0.1, 0.15) is 0 Å². The molecule has 0 aliphatic carbocycles. The van der Waals surface area contributed by atoms with E-state index in [1.165, 1.54) is 6.08 Å². The van der Waals surface area contributed by atoms with Gasteiger partial charge < -0.3 is 40.0 Å². The number of likely N-dealkylation sites (N-methyl/N-ethyl adjacent to an activating group) is 1. The van der Waals surface area contributed by atoms with Crippen molar-refractivity contribution in [1.82, 2.24) is 19.9 Å². The number of hydrogen-bond acceptors (Lipinski definition) is 9. The third-order valence-electron chi connectivity index (χ3n) is 6.34. The number of nitrogens with one attached hydrogen (secondary N) is 3. The van der Waals surface area contributed by atoms with Gasteiger partial charge in [-0.05, 0) is 37.4 Å². The van der Waals surface area contributed by atoms with Gasteiger partial charge in [0.05, 0.1) is 17.8 Å². The van der Waals surface area contributed by atoms with Crippen LogP contribution in [-0.4, -0.2) is 71.5 Å². The molecule has 2 aromatic carbocycles. The van der Waals surface area contributed by atoms with Crippen LogP contribution in [0.2, 0.25) is 5.02 Å². The molecule has 0 saturated carbocycles. The average Bonchev–Trinajstić information content (AvgIpc) is 3.30. The fraction of sp³-hybridized carbons (Fsp3) is 0.259. The highest BCUT2D eigenvalue weighted by Crippen LogP contribution is 2.36. The van der Waals surface area contributed by atoms with Crippen molar-refractivity contribution in [2.45, 2.75) is 6.23 Å². The predicted octanol–water partition coefficient (Wildman–Crippen LogP) is 4.82. The highest BCUT2D eigenvalue weighted by molar-refractivity contribution is 6.35. The number of halogens is 1. The molecular weight excluding hydrogens is 506 g/mol. The minimum Gasteiger partial charge on any atom is -0.494 e. The summed E-state index contributed by atoms with van der Waals surface area (Å²) in [6, 6.07) is 13.2. The lowest BCUT2D eigenvalue weighted by Crippen LogP contribution is -2.44. The molecule has 1 aliphatic rings. The first kappa shape index (κ1) is 25.7. The van der Waals surface area contributed by atoms with Crippen molar-refractivity contribution in [2.24, 2.45) is 0 Å². The standard InChI is InChI=1S/C27H30ClN7O3/c1-4-23(36)30-17-6-5-7-19(14-17)38-26-24-20(28)16-29-25(24)32-27(33-26)31-21-9-8-18(15-22(21)37-3)35-12-10-34(2)11-13-35/h4-9,14-16,23,30,36H,1,10-13H2,2-3H3,(H2,29,31,32,33). The minimum absolute atomic E-state index is 0.276. The van der Waals surface area contributed by atoms with E-state index in [0.29, 0.717) is 39.2 Å². The molecule has 10 nitrogen and oxygen atoms in total. The van der Waals surface area contributed by atoms with Crippen molar-refractivity contribution in [3.63, 3.8) is 0 Å². The van der Waals surface area contributed by atoms with Gasteiger partial charge in [0, 0.05) is 55.9 Å². The Labute approximate surface area is 225 Å². The van der Waals surface area contributed by atoms with Crippen molar-refractivity contribution >= 4 is 45.6 Å². The molecular formula is C27H30ClN7O3. The predicted molar refractivity (Wildman–Crippen MR) is 151 cm³/mol. The first-order valence-corrected chi connectivity index (χ1v) is 12.6. The van der Waals surface area contributed by atoms with E-state index in [1.807, 2.05) is 18.2 Å². The largest absolute Gasteiger partial charge is 0.494 e. The summed E-state index contributed by atoms with van der Waals surface area (Å²) >= 11 is 6.43. The number of aromatic nitrogens is 3. The molecule has 0 spiro atoms. The van der Waals surface area contributed by atoms with Crippen molar-refractivity contribution in [2.75, 3.05) is 55.9 Å². The molecule has 1 saturated heterocycles. The van der Waals surface area contributed by atoms with E-state index in [0.717, 1.165) is 37.6 Å². The molecule has 38 heavy (non-hydrogen) atoms. The number of fused-ring (bicyclic) bond motifs is 1. The third-order valence-corrected chi connectivity index (χ3v) is 6.63. The smallest absolute Gasteiger partial charge is 0.235 e. The highest BCUT2D eigenvalue weighted by atomic mass is 35.5. The Morgan fingerprint density at radius 1 is 1.16 bits per heavy atom. The van der Waals surface area contributed by atoms with Gasteiger partial charge in [-0.3, -0.25) is 0 Å². The van der Waals surface area contributed by atoms with E-state index >= 15 is 0 Å². The summed E-state index contributed by atoms with van der Waals surface area (Å²) in [5.41, 5.74) is 3.00. The Hall–Kier alpha value is -3.99. The van der Waals surface area contributed by atoms with Gasteiger partial charge in [-0.2, -0.15) is 9.97 Å². The SMILES string of the molecule is C=CC(O)Nc1cccc(Oc2nc(Nc3ccc(N4CCN(C)CC4)cc3OC)nc3[nH]cc(Cl)c23)c1. The quantitative estimate of drug-likeness (QED) is 0.177. The second-order valence-corrected chi connectivity index (χ2v) is 9.37.